The van der Waals surface area contributed by atoms with E-state index in [1.807, 2.05) is 30.3 Å². The maximum absolute atomic E-state index is 11.4. The van der Waals surface area contributed by atoms with E-state index >= 15 is 0 Å². The minimum atomic E-state index is -0.986. The van der Waals surface area contributed by atoms with Crippen molar-refractivity contribution in [3.05, 3.63) is 83.1 Å². The van der Waals surface area contributed by atoms with E-state index in [4.69, 9.17) is 13.9 Å². The van der Waals surface area contributed by atoms with E-state index in [2.05, 4.69) is 45.4 Å². The number of amides is 1. The summed E-state index contributed by atoms with van der Waals surface area (Å²) in [6.45, 7) is 3.51. The second-order valence-electron chi connectivity index (χ2n) is 9.77. The Balaban J connectivity index is 1.41. The molecule has 1 aliphatic carbocycles. The molecule has 1 saturated heterocycles. The number of rotatable bonds is 6. The van der Waals surface area contributed by atoms with Crippen LogP contribution in [-0.4, -0.2) is 44.6 Å². The first-order valence-corrected chi connectivity index (χ1v) is 12.8. The summed E-state index contributed by atoms with van der Waals surface area (Å²) in [5.74, 6) is 2.45. The molecule has 3 aliphatic rings. The maximum Gasteiger partial charge on any atom is 0.405 e. The summed E-state index contributed by atoms with van der Waals surface area (Å²) in [4.78, 5) is 15.9. The van der Waals surface area contributed by atoms with Gasteiger partial charge in [-0.2, -0.15) is 0 Å². The Morgan fingerprint density at radius 2 is 1.78 bits per heavy atom. The van der Waals surface area contributed by atoms with E-state index in [-0.39, 0.29) is 0 Å². The smallest absolute Gasteiger partial charge is 0.405 e. The lowest BCUT2D eigenvalue weighted by Gasteiger charge is -2.42. The van der Waals surface area contributed by atoms with Gasteiger partial charge in [-0.3, -0.25) is 0 Å². The van der Waals surface area contributed by atoms with Crippen molar-refractivity contribution in [2.45, 2.75) is 31.3 Å². The normalized spacial score (nSPS) is 18.7. The summed E-state index contributed by atoms with van der Waals surface area (Å²) in [6, 6.07) is 20.5. The van der Waals surface area contributed by atoms with Crippen LogP contribution in [0.2, 0.25) is 0 Å². The molecule has 0 atom stereocenters. The first-order valence-electron chi connectivity index (χ1n) is 12.8. The van der Waals surface area contributed by atoms with Crippen LogP contribution in [0.5, 0.6) is 0 Å². The minimum absolute atomic E-state index is 0.497. The van der Waals surface area contributed by atoms with E-state index < -0.39 is 11.6 Å². The molecule has 1 aromatic heterocycles. The average Bonchev–Trinajstić information content (AvgIpc) is 3.35. The summed E-state index contributed by atoms with van der Waals surface area (Å²) in [7, 11) is 1.70. The number of methoxy groups -OCH3 is 1. The zero-order chi connectivity index (χ0) is 25.4. The van der Waals surface area contributed by atoms with Gasteiger partial charge in [-0.1, -0.05) is 42.5 Å². The van der Waals surface area contributed by atoms with E-state index in [1.165, 1.54) is 0 Å². The molecule has 1 saturated carbocycles. The Kier molecular flexibility index (Phi) is 6.04. The number of nitrogens with zero attached hydrogens (tertiary/aromatic N) is 2. The molecule has 8 heteroatoms. The lowest BCUT2D eigenvalue weighted by Crippen LogP contribution is -2.50. The molecule has 3 heterocycles. The summed E-state index contributed by atoms with van der Waals surface area (Å²) in [5, 5.41) is 12.1. The molecular formula is C29H31N3O5. The first kappa shape index (κ1) is 23.5. The molecule has 0 radical (unpaired) electrons. The fourth-order valence-electron chi connectivity index (χ4n) is 5.63. The van der Waals surface area contributed by atoms with E-state index in [1.54, 1.807) is 7.11 Å². The van der Waals surface area contributed by atoms with Gasteiger partial charge in [-0.15, -0.1) is 0 Å². The van der Waals surface area contributed by atoms with Crippen LogP contribution < -0.4 is 15.1 Å². The van der Waals surface area contributed by atoms with Crippen LogP contribution in [0, 0.1) is 0 Å². The molecule has 2 aromatic carbocycles. The number of fused-ring (bicyclic) bond motifs is 1. The molecule has 37 heavy (non-hydrogen) atoms. The molecule has 0 bridgehead atoms. The molecule has 2 N–H and O–H groups in total. The number of carboxylic acid groups (broad SMARTS) is 1. The Bertz CT molecular complexity index is 1310. The van der Waals surface area contributed by atoms with Gasteiger partial charge in [0, 0.05) is 30.4 Å². The third-order valence-corrected chi connectivity index (χ3v) is 7.69. The number of carbonyl (C=O) groups is 1. The van der Waals surface area contributed by atoms with Crippen LogP contribution in [0.4, 0.5) is 16.4 Å². The number of anilines is 2. The van der Waals surface area contributed by atoms with Gasteiger partial charge < -0.3 is 34.1 Å². The minimum Gasteiger partial charge on any atom is -0.494 e. The fraction of sp³-hybridized carbons (Fsp3) is 0.345. The molecule has 2 fully saturated rings. The average molecular weight is 502 g/mol. The summed E-state index contributed by atoms with van der Waals surface area (Å²) in [5.41, 5.74) is 4.47. The van der Waals surface area contributed by atoms with Crippen molar-refractivity contribution >= 4 is 29.1 Å². The first-order chi connectivity index (χ1) is 18.1. The second-order valence-corrected chi connectivity index (χ2v) is 9.77. The highest BCUT2D eigenvalue weighted by Crippen LogP contribution is 2.45. The molecule has 3 aromatic rings. The zero-order valence-electron chi connectivity index (χ0n) is 20.9. The zero-order valence-corrected chi connectivity index (χ0v) is 20.9. The highest BCUT2D eigenvalue weighted by Gasteiger charge is 2.40. The third kappa shape index (κ3) is 4.21. The SMILES string of the molecule is COC1=C(c2ccccc2)N(c2ccc(C3(NC(=O)O)CCC3)cc2)Cc2oc(N3CCOCC3)cc21. The van der Waals surface area contributed by atoms with Crippen molar-refractivity contribution in [1.29, 1.82) is 0 Å². The van der Waals surface area contributed by atoms with Crippen molar-refractivity contribution in [2.75, 3.05) is 43.2 Å². The van der Waals surface area contributed by atoms with Crippen molar-refractivity contribution in [3.63, 3.8) is 0 Å². The monoisotopic (exact) mass is 501 g/mol. The predicted octanol–water partition coefficient (Wildman–Crippen LogP) is 5.26. The Hall–Kier alpha value is -3.91. The quantitative estimate of drug-likeness (QED) is 0.477. The molecule has 192 valence electrons. The molecule has 1 amide bonds. The number of morpholine rings is 1. The molecule has 6 rings (SSSR count). The fourth-order valence-corrected chi connectivity index (χ4v) is 5.63. The lowest BCUT2D eigenvalue weighted by molar-refractivity contribution is 0.120. The van der Waals surface area contributed by atoms with Gasteiger partial charge in [0.15, 0.2) is 11.6 Å². The Labute approximate surface area is 216 Å². The number of benzene rings is 2. The van der Waals surface area contributed by atoms with Gasteiger partial charge in [-0.25, -0.2) is 4.79 Å². The second kappa shape index (κ2) is 9.52. The van der Waals surface area contributed by atoms with E-state index in [0.717, 1.165) is 77.8 Å². The van der Waals surface area contributed by atoms with Crippen molar-refractivity contribution in [2.24, 2.45) is 0 Å². The third-order valence-electron chi connectivity index (χ3n) is 7.69. The number of hydrogen-bond donors (Lipinski definition) is 2. The molecule has 8 nitrogen and oxygen atoms in total. The van der Waals surface area contributed by atoms with Gasteiger partial charge in [-0.05, 0) is 37.0 Å². The van der Waals surface area contributed by atoms with Crippen LogP contribution in [0.25, 0.3) is 11.5 Å². The molecular weight excluding hydrogens is 470 g/mol. The van der Waals surface area contributed by atoms with Gasteiger partial charge in [0.25, 0.3) is 0 Å². The standard InChI is InChI=1S/C29H31N3O5/c1-35-27-23-18-25(31-14-16-36-17-15-31)37-24(23)19-32(26(27)20-6-3-2-4-7-20)22-10-8-21(9-11-22)29(12-5-13-29)30-28(33)34/h2-4,6-11,18,30H,5,12-17,19H2,1H3,(H,33,34). The predicted molar refractivity (Wildman–Crippen MR) is 141 cm³/mol. The van der Waals surface area contributed by atoms with Crippen LogP contribution in [0.3, 0.4) is 0 Å². The van der Waals surface area contributed by atoms with Crippen LogP contribution in [0.1, 0.15) is 41.7 Å². The molecule has 2 aliphatic heterocycles. The van der Waals surface area contributed by atoms with Crippen LogP contribution >= 0.6 is 0 Å². The largest absolute Gasteiger partial charge is 0.494 e. The summed E-state index contributed by atoms with van der Waals surface area (Å²) < 4.78 is 18.0. The van der Waals surface area contributed by atoms with Gasteiger partial charge in [0.1, 0.15) is 5.76 Å². The number of furan rings is 1. The summed E-state index contributed by atoms with van der Waals surface area (Å²) >= 11 is 0. The Morgan fingerprint density at radius 3 is 2.41 bits per heavy atom. The highest BCUT2D eigenvalue weighted by atomic mass is 16.5. The maximum atomic E-state index is 11.4. The summed E-state index contributed by atoms with van der Waals surface area (Å²) in [6.07, 6.45) is 1.65. The number of nitrogens with one attached hydrogen (secondary N) is 1. The number of hydrogen-bond acceptors (Lipinski definition) is 6. The highest BCUT2D eigenvalue weighted by molar-refractivity contribution is 5.97. The molecule has 0 spiro atoms. The number of ether oxygens (including phenoxy) is 2. The molecule has 0 unspecified atom stereocenters. The lowest BCUT2D eigenvalue weighted by atomic mass is 9.72. The van der Waals surface area contributed by atoms with Crippen LogP contribution in [-0.2, 0) is 21.6 Å². The van der Waals surface area contributed by atoms with Crippen molar-refractivity contribution in [3.8, 4) is 0 Å². The van der Waals surface area contributed by atoms with Crippen LogP contribution in [0.15, 0.2) is 65.1 Å². The van der Waals surface area contributed by atoms with Gasteiger partial charge in [0.2, 0.25) is 0 Å². The van der Waals surface area contributed by atoms with Crippen molar-refractivity contribution < 1.29 is 23.8 Å². The van der Waals surface area contributed by atoms with E-state index in [0.29, 0.717) is 19.8 Å². The van der Waals surface area contributed by atoms with Gasteiger partial charge in [0.05, 0.1) is 43.7 Å². The van der Waals surface area contributed by atoms with Gasteiger partial charge >= 0.3 is 6.09 Å². The van der Waals surface area contributed by atoms with Crippen molar-refractivity contribution in [1.82, 2.24) is 5.32 Å². The topological polar surface area (TPSA) is 87.4 Å². The van der Waals surface area contributed by atoms with E-state index in [9.17, 15) is 9.90 Å². The Morgan fingerprint density at radius 1 is 1.05 bits per heavy atom.